The second kappa shape index (κ2) is 14.5. The molecular weight excluding hydrogens is 546 g/mol. The summed E-state index contributed by atoms with van der Waals surface area (Å²) in [5, 5.41) is 0. The van der Waals surface area contributed by atoms with Gasteiger partial charge in [-0.25, -0.2) is 0 Å². The van der Waals surface area contributed by atoms with Gasteiger partial charge in [0.15, 0.2) is 16.6 Å². The zero-order valence-corrected chi connectivity index (χ0v) is 26.3. The zero-order chi connectivity index (χ0) is 31.0. The van der Waals surface area contributed by atoms with Gasteiger partial charge in [0, 0.05) is 38.6 Å². The van der Waals surface area contributed by atoms with Crippen LogP contribution >= 0.6 is 0 Å². The minimum Gasteiger partial charge on any atom is -0.468 e. The molecule has 43 heavy (non-hydrogen) atoms. The number of likely N-dealkylation sites (tertiary alicyclic amines) is 2. The van der Waals surface area contributed by atoms with Gasteiger partial charge in [-0.05, 0) is 50.3 Å². The quantitative estimate of drug-likeness (QED) is 0.183. The maximum absolute atomic E-state index is 15.2. The summed E-state index contributed by atoms with van der Waals surface area (Å²) >= 11 is 0. The number of unbranched alkanes of at least 4 members (excludes halogenated alkanes) is 3. The van der Waals surface area contributed by atoms with E-state index in [1.807, 2.05) is 36.4 Å². The molecule has 0 amide bonds. The van der Waals surface area contributed by atoms with Gasteiger partial charge in [0.2, 0.25) is 0 Å². The van der Waals surface area contributed by atoms with Crippen molar-refractivity contribution in [2.75, 3.05) is 60.0 Å². The molecule has 2 aliphatic rings. The van der Waals surface area contributed by atoms with Gasteiger partial charge >= 0.3 is 11.9 Å². The first-order valence-corrected chi connectivity index (χ1v) is 15.6. The monoisotopic (exact) mass is 593 g/mol. The molecule has 234 valence electrons. The molecule has 0 N–H and O–H groups in total. The standard InChI is InChI=1S/C33H47N5O5/c1-6-9-10-15-20-38-27(25-16-11-13-18-34-25)32(30(40)42-4)23-37(22-21-36(7-2)8-3)24-33(29(32)39,31(41)43-5)28(38)26-17-12-14-19-35-26/h11-14,16-19,27-28H,6-10,15,20-24H2,1-5H3. The highest BCUT2D eigenvalue weighted by atomic mass is 16.5. The van der Waals surface area contributed by atoms with Gasteiger partial charge in [0.1, 0.15) is 0 Å². The Morgan fingerprint density at radius 1 is 0.837 bits per heavy atom. The summed E-state index contributed by atoms with van der Waals surface area (Å²) in [5.74, 6) is -1.80. The van der Waals surface area contributed by atoms with Crippen LogP contribution in [0.15, 0.2) is 48.8 Å². The molecule has 4 heterocycles. The first-order valence-electron chi connectivity index (χ1n) is 15.6. The number of piperidine rings is 2. The van der Waals surface area contributed by atoms with Crippen molar-refractivity contribution in [3.63, 3.8) is 0 Å². The Hall–Kier alpha value is -3.21. The molecule has 2 bridgehead atoms. The predicted molar refractivity (Wildman–Crippen MR) is 163 cm³/mol. The maximum atomic E-state index is 15.2. The Labute approximate surface area is 255 Å². The van der Waals surface area contributed by atoms with Crippen molar-refractivity contribution in [1.29, 1.82) is 0 Å². The summed E-state index contributed by atoms with van der Waals surface area (Å²) in [4.78, 5) is 59.6. The van der Waals surface area contributed by atoms with Gasteiger partial charge in [0.25, 0.3) is 0 Å². The van der Waals surface area contributed by atoms with Gasteiger partial charge in [-0.15, -0.1) is 0 Å². The third-order valence-electron chi connectivity index (χ3n) is 9.29. The summed E-state index contributed by atoms with van der Waals surface area (Å²) in [6.45, 7) is 10.1. The smallest absolute Gasteiger partial charge is 0.322 e. The zero-order valence-electron chi connectivity index (χ0n) is 26.3. The van der Waals surface area contributed by atoms with Crippen LogP contribution in [0.2, 0.25) is 0 Å². The fourth-order valence-electron chi connectivity index (χ4n) is 7.22. The molecule has 0 aromatic carbocycles. The summed E-state index contributed by atoms with van der Waals surface area (Å²) < 4.78 is 11.0. The second-order valence-electron chi connectivity index (χ2n) is 11.6. The van der Waals surface area contributed by atoms with Crippen LogP contribution in [-0.2, 0) is 23.9 Å². The molecule has 2 aliphatic heterocycles. The Morgan fingerprint density at radius 2 is 1.37 bits per heavy atom. The summed E-state index contributed by atoms with van der Waals surface area (Å²) in [7, 11) is 2.62. The number of aromatic nitrogens is 2. The van der Waals surface area contributed by atoms with Crippen LogP contribution < -0.4 is 0 Å². The normalized spacial score (nSPS) is 26.0. The number of Topliss-reactive ketones (excluding diaryl/α,β-unsaturated/α-hetero) is 1. The minimum atomic E-state index is -1.71. The molecule has 10 nitrogen and oxygen atoms in total. The van der Waals surface area contributed by atoms with E-state index in [0.29, 0.717) is 24.5 Å². The van der Waals surface area contributed by atoms with Gasteiger partial charge in [0.05, 0.1) is 37.7 Å². The van der Waals surface area contributed by atoms with Crippen molar-refractivity contribution in [2.24, 2.45) is 10.8 Å². The molecular formula is C33H47N5O5. The molecule has 0 spiro atoms. The number of fused-ring (bicyclic) bond motifs is 2. The average Bonchev–Trinajstić information content (AvgIpc) is 3.04. The Kier molecular flexibility index (Phi) is 11.0. The van der Waals surface area contributed by atoms with Crippen LogP contribution in [0.5, 0.6) is 0 Å². The number of carbonyl (C=O) groups excluding carboxylic acids is 3. The lowest BCUT2D eigenvalue weighted by molar-refractivity contribution is -0.206. The van der Waals surface area contributed by atoms with Crippen LogP contribution in [0.3, 0.4) is 0 Å². The molecule has 0 aliphatic carbocycles. The van der Waals surface area contributed by atoms with Crippen LogP contribution in [0.4, 0.5) is 0 Å². The maximum Gasteiger partial charge on any atom is 0.322 e. The Bertz CT molecular complexity index is 1150. The van der Waals surface area contributed by atoms with Crippen molar-refractivity contribution in [3.8, 4) is 0 Å². The highest BCUT2D eigenvalue weighted by molar-refractivity contribution is 6.17. The fourth-order valence-corrected chi connectivity index (χ4v) is 7.22. The van der Waals surface area contributed by atoms with Gasteiger partial charge in [-0.3, -0.25) is 34.2 Å². The first-order chi connectivity index (χ1) is 20.8. The van der Waals surface area contributed by atoms with Crippen molar-refractivity contribution in [1.82, 2.24) is 24.7 Å². The number of ketones is 1. The molecule has 2 saturated heterocycles. The lowest BCUT2D eigenvalue weighted by atomic mass is 9.54. The van der Waals surface area contributed by atoms with Crippen LogP contribution in [0, 0.1) is 10.8 Å². The highest BCUT2D eigenvalue weighted by Gasteiger charge is 2.75. The molecule has 4 rings (SSSR count). The van der Waals surface area contributed by atoms with E-state index >= 15 is 4.79 Å². The van der Waals surface area contributed by atoms with E-state index in [-0.39, 0.29) is 13.1 Å². The molecule has 4 unspecified atom stereocenters. The molecule has 4 atom stereocenters. The SMILES string of the molecule is CCCCCCN1C(c2ccccn2)C2(C(=O)OC)CN(CCN(CC)CC)CC(C(=O)OC)(C2=O)C1c1ccccn1. The van der Waals surface area contributed by atoms with E-state index in [2.05, 4.69) is 35.5 Å². The van der Waals surface area contributed by atoms with Crippen LogP contribution in [0.1, 0.15) is 69.9 Å². The van der Waals surface area contributed by atoms with E-state index in [4.69, 9.17) is 19.4 Å². The Balaban J connectivity index is 2.01. The summed E-state index contributed by atoms with van der Waals surface area (Å²) in [5.41, 5.74) is -2.26. The van der Waals surface area contributed by atoms with E-state index < -0.39 is 40.6 Å². The third-order valence-corrected chi connectivity index (χ3v) is 9.29. The minimum absolute atomic E-state index is 0.111. The third kappa shape index (κ3) is 5.97. The van der Waals surface area contributed by atoms with Gasteiger partial charge < -0.3 is 14.4 Å². The largest absolute Gasteiger partial charge is 0.468 e. The van der Waals surface area contributed by atoms with E-state index in [9.17, 15) is 9.59 Å². The summed E-state index contributed by atoms with van der Waals surface area (Å²) in [6, 6.07) is 9.52. The molecule has 0 saturated carbocycles. The second-order valence-corrected chi connectivity index (χ2v) is 11.6. The number of likely N-dealkylation sites (N-methyl/N-ethyl adjacent to an activating group) is 1. The Morgan fingerprint density at radius 3 is 1.79 bits per heavy atom. The van der Waals surface area contributed by atoms with Crippen molar-refractivity contribution in [2.45, 2.75) is 58.5 Å². The first kappa shape index (κ1) is 32.7. The number of hydrogen-bond donors (Lipinski definition) is 0. The number of hydrogen-bond acceptors (Lipinski definition) is 10. The predicted octanol–water partition coefficient (Wildman–Crippen LogP) is 3.70. The number of carbonyl (C=O) groups is 3. The lowest BCUT2D eigenvalue weighted by Gasteiger charge is -2.61. The van der Waals surface area contributed by atoms with Crippen molar-refractivity contribution in [3.05, 3.63) is 60.2 Å². The van der Waals surface area contributed by atoms with Crippen molar-refractivity contribution >= 4 is 17.7 Å². The summed E-state index contributed by atoms with van der Waals surface area (Å²) in [6.07, 6.45) is 7.26. The van der Waals surface area contributed by atoms with Crippen LogP contribution in [0.25, 0.3) is 0 Å². The fraction of sp³-hybridized carbons (Fsp3) is 0.606. The lowest BCUT2D eigenvalue weighted by Crippen LogP contribution is -2.76. The number of pyridine rings is 2. The average molecular weight is 594 g/mol. The molecule has 2 fully saturated rings. The number of ether oxygens (including phenoxy) is 2. The van der Waals surface area contributed by atoms with Crippen molar-refractivity contribution < 1.29 is 23.9 Å². The highest BCUT2D eigenvalue weighted by Crippen LogP contribution is 2.60. The van der Waals surface area contributed by atoms with Crippen LogP contribution in [-0.4, -0.2) is 102 Å². The molecule has 0 radical (unpaired) electrons. The van der Waals surface area contributed by atoms with E-state index in [0.717, 1.165) is 45.3 Å². The van der Waals surface area contributed by atoms with Gasteiger partial charge in [-0.1, -0.05) is 52.2 Å². The molecule has 2 aromatic heterocycles. The topological polar surface area (TPSA) is 105 Å². The number of methoxy groups -OCH3 is 2. The van der Waals surface area contributed by atoms with E-state index in [1.165, 1.54) is 14.2 Å². The van der Waals surface area contributed by atoms with Gasteiger partial charge in [-0.2, -0.15) is 0 Å². The number of rotatable bonds is 14. The number of esters is 2. The number of nitrogens with zero attached hydrogens (tertiary/aromatic N) is 5. The molecule has 10 heteroatoms. The molecule has 2 aromatic rings. The van der Waals surface area contributed by atoms with E-state index in [1.54, 1.807) is 12.4 Å².